The number of aliphatic hydroxyl groups excluding tert-OH is 2. The second-order valence-electron chi connectivity index (χ2n) is 21.0. The van der Waals surface area contributed by atoms with Crippen LogP contribution in [-0.2, 0) is 14.3 Å². The number of ether oxygens (including phenoxy) is 1. The molecule has 0 rings (SSSR count). The lowest BCUT2D eigenvalue weighted by molar-refractivity contribution is -0.143. The van der Waals surface area contributed by atoms with Crippen LogP contribution in [0.25, 0.3) is 0 Å². The van der Waals surface area contributed by atoms with Crippen LogP contribution >= 0.6 is 0 Å². The number of nitrogens with one attached hydrogen (secondary N) is 1. The van der Waals surface area contributed by atoms with Gasteiger partial charge in [0.05, 0.1) is 25.4 Å². The van der Waals surface area contributed by atoms with Gasteiger partial charge in [-0.1, -0.05) is 275 Å². The SMILES string of the molecule is CCCC/C=C\CCCCCCCC(=O)OCCCCCCCCCCCCCC/C=C\CCCCCCCCCCCCCC(=O)NC(CO)C(O)/C=C/CCCCCCCCCCCCCC. The highest BCUT2D eigenvalue weighted by molar-refractivity contribution is 5.76. The molecular formula is C63H119NO5. The predicted molar refractivity (Wildman–Crippen MR) is 301 cm³/mol. The third kappa shape index (κ3) is 55.2. The molecule has 6 nitrogen and oxygen atoms in total. The van der Waals surface area contributed by atoms with E-state index in [4.69, 9.17) is 4.74 Å². The van der Waals surface area contributed by atoms with Gasteiger partial charge in [-0.3, -0.25) is 9.59 Å². The minimum Gasteiger partial charge on any atom is -0.466 e. The fraction of sp³-hybridized carbons (Fsp3) is 0.873. The Morgan fingerprint density at radius 3 is 1.07 bits per heavy atom. The van der Waals surface area contributed by atoms with Crippen LogP contribution in [0.3, 0.4) is 0 Å². The van der Waals surface area contributed by atoms with E-state index in [1.54, 1.807) is 6.08 Å². The molecule has 0 aliphatic heterocycles. The molecule has 406 valence electrons. The maximum absolute atomic E-state index is 12.5. The zero-order valence-electron chi connectivity index (χ0n) is 46.3. The van der Waals surface area contributed by atoms with Crippen LogP contribution in [0.4, 0.5) is 0 Å². The molecule has 0 aliphatic rings. The Morgan fingerprint density at radius 2 is 0.696 bits per heavy atom. The van der Waals surface area contributed by atoms with Gasteiger partial charge in [0.2, 0.25) is 5.91 Å². The first-order valence-corrected chi connectivity index (χ1v) is 30.8. The number of amides is 1. The topological polar surface area (TPSA) is 95.9 Å². The van der Waals surface area contributed by atoms with Crippen molar-refractivity contribution in [3.05, 3.63) is 36.5 Å². The number of unbranched alkanes of at least 4 members (excludes halogenated alkanes) is 42. The third-order valence-corrected chi connectivity index (χ3v) is 14.1. The summed E-state index contributed by atoms with van der Waals surface area (Å²) in [5.41, 5.74) is 0. The average Bonchev–Trinajstić information content (AvgIpc) is 3.35. The molecule has 69 heavy (non-hydrogen) atoms. The molecule has 0 radical (unpaired) electrons. The summed E-state index contributed by atoms with van der Waals surface area (Å²) in [6.45, 7) is 4.87. The Bertz CT molecular complexity index is 1120. The highest BCUT2D eigenvalue weighted by Crippen LogP contribution is 2.17. The van der Waals surface area contributed by atoms with Crippen molar-refractivity contribution in [3.8, 4) is 0 Å². The van der Waals surface area contributed by atoms with Crippen molar-refractivity contribution in [3.63, 3.8) is 0 Å². The lowest BCUT2D eigenvalue weighted by Crippen LogP contribution is -2.45. The van der Waals surface area contributed by atoms with E-state index < -0.39 is 12.1 Å². The standard InChI is InChI=1S/C63H119NO5/c1-3-5-7-9-11-13-15-16-32-36-39-43-47-51-55-61(66)60(59-65)64-62(67)56-52-48-44-40-37-33-30-28-26-24-22-20-18-17-19-21-23-25-27-29-31-34-38-42-46-50-54-58-69-63(68)57-53-49-45-41-35-14-12-10-8-6-4-2/h10,12,17-18,51,55,60-61,65-66H,3-9,11,13-16,19-50,52-54,56-59H2,1-2H3,(H,64,67)/b12-10-,18-17-,55-51+. The molecule has 3 N–H and O–H groups in total. The Morgan fingerprint density at radius 1 is 0.391 bits per heavy atom. The number of hydrogen-bond acceptors (Lipinski definition) is 5. The number of carbonyl (C=O) groups is 2. The molecule has 2 unspecified atom stereocenters. The van der Waals surface area contributed by atoms with Gasteiger partial charge >= 0.3 is 5.97 Å². The minimum atomic E-state index is -0.844. The van der Waals surface area contributed by atoms with E-state index in [1.807, 2.05) is 6.08 Å². The fourth-order valence-electron chi connectivity index (χ4n) is 9.38. The smallest absolute Gasteiger partial charge is 0.305 e. The van der Waals surface area contributed by atoms with Crippen molar-refractivity contribution >= 4 is 11.9 Å². The number of carbonyl (C=O) groups excluding carboxylic acids is 2. The van der Waals surface area contributed by atoms with Crippen LogP contribution in [-0.4, -0.2) is 47.4 Å². The maximum Gasteiger partial charge on any atom is 0.305 e. The molecule has 0 fully saturated rings. The Labute approximate surface area is 430 Å². The van der Waals surface area contributed by atoms with Crippen LogP contribution in [0, 0.1) is 0 Å². The number of aliphatic hydroxyl groups is 2. The molecule has 1 amide bonds. The van der Waals surface area contributed by atoms with E-state index in [-0.39, 0.29) is 18.5 Å². The lowest BCUT2D eigenvalue weighted by atomic mass is 10.0. The van der Waals surface area contributed by atoms with Gasteiger partial charge in [-0.2, -0.15) is 0 Å². The monoisotopic (exact) mass is 970 g/mol. The zero-order chi connectivity index (χ0) is 50.0. The number of hydrogen-bond donors (Lipinski definition) is 3. The molecule has 6 heteroatoms. The van der Waals surface area contributed by atoms with E-state index >= 15 is 0 Å². The van der Waals surface area contributed by atoms with Crippen LogP contribution in [0.1, 0.15) is 328 Å². The lowest BCUT2D eigenvalue weighted by Gasteiger charge is -2.20. The van der Waals surface area contributed by atoms with Crippen LogP contribution in [0.15, 0.2) is 36.5 Å². The zero-order valence-corrected chi connectivity index (χ0v) is 46.3. The Hall–Kier alpha value is -1.92. The van der Waals surface area contributed by atoms with Crippen molar-refractivity contribution in [1.82, 2.24) is 5.32 Å². The second-order valence-corrected chi connectivity index (χ2v) is 21.0. The van der Waals surface area contributed by atoms with Gasteiger partial charge in [0.25, 0.3) is 0 Å². The highest BCUT2D eigenvalue weighted by atomic mass is 16.5. The number of allylic oxidation sites excluding steroid dienone is 5. The van der Waals surface area contributed by atoms with Gasteiger partial charge in [0, 0.05) is 12.8 Å². The second kappa shape index (κ2) is 58.6. The minimum absolute atomic E-state index is 0.00340. The molecule has 0 aromatic carbocycles. The van der Waals surface area contributed by atoms with Crippen LogP contribution in [0.5, 0.6) is 0 Å². The molecule has 0 aromatic heterocycles. The van der Waals surface area contributed by atoms with Gasteiger partial charge < -0.3 is 20.3 Å². The first kappa shape index (κ1) is 67.1. The van der Waals surface area contributed by atoms with Gasteiger partial charge in [-0.15, -0.1) is 0 Å². The molecule has 0 spiro atoms. The van der Waals surface area contributed by atoms with E-state index in [0.29, 0.717) is 19.4 Å². The summed E-state index contributed by atoms with van der Waals surface area (Å²) in [7, 11) is 0. The van der Waals surface area contributed by atoms with E-state index in [1.165, 1.54) is 257 Å². The third-order valence-electron chi connectivity index (χ3n) is 14.1. The summed E-state index contributed by atoms with van der Waals surface area (Å²) in [6.07, 6.45) is 73.3. The number of rotatable bonds is 57. The van der Waals surface area contributed by atoms with E-state index in [9.17, 15) is 19.8 Å². The summed E-state index contributed by atoms with van der Waals surface area (Å²) >= 11 is 0. The van der Waals surface area contributed by atoms with Crippen molar-refractivity contribution in [2.45, 2.75) is 341 Å². The molecule has 2 atom stereocenters. The first-order valence-electron chi connectivity index (χ1n) is 30.8. The summed E-state index contributed by atoms with van der Waals surface area (Å²) in [6, 6.07) is -0.628. The fourth-order valence-corrected chi connectivity index (χ4v) is 9.38. The van der Waals surface area contributed by atoms with Gasteiger partial charge in [-0.05, 0) is 77.0 Å². The molecule has 0 heterocycles. The predicted octanol–water partition coefficient (Wildman–Crippen LogP) is 19.2. The van der Waals surface area contributed by atoms with Gasteiger partial charge in [0.1, 0.15) is 0 Å². The Kier molecular flexibility index (Phi) is 57.0. The largest absolute Gasteiger partial charge is 0.466 e. The van der Waals surface area contributed by atoms with Crippen molar-refractivity contribution in [1.29, 1.82) is 0 Å². The average molecular weight is 971 g/mol. The van der Waals surface area contributed by atoms with E-state index in [0.717, 1.165) is 44.9 Å². The molecule has 0 aromatic rings. The molecular weight excluding hydrogens is 851 g/mol. The van der Waals surface area contributed by atoms with Crippen molar-refractivity contribution < 1.29 is 24.5 Å². The van der Waals surface area contributed by atoms with Gasteiger partial charge in [0.15, 0.2) is 0 Å². The normalized spacial score (nSPS) is 12.8. The van der Waals surface area contributed by atoms with Gasteiger partial charge in [-0.25, -0.2) is 0 Å². The summed E-state index contributed by atoms with van der Waals surface area (Å²) in [4.78, 5) is 24.4. The summed E-state index contributed by atoms with van der Waals surface area (Å²) in [5, 5.41) is 23.1. The van der Waals surface area contributed by atoms with Crippen LogP contribution < -0.4 is 5.32 Å². The van der Waals surface area contributed by atoms with Crippen molar-refractivity contribution in [2.24, 2.45) is 0 Å². The van der Waals surface area contributed by atoms with E-state index in [2.05, 4.69) is 43.5 Å². The maximum atomic E-state index is 12.5. The molecule has 0 saturated heterocycles. The quantitative estimate of drug-likeness (QED) is 0.0321. The molecule has 0 saturated carbocycles. The summed E-state index contributed by atoms with van der Waals surface area (Å²) < 4.78 is 5.46. The number of esters is 1. The summed E-state index contributed by atoms with van der Waals surface area (Å²) in [5.74, 6) is -0.0647. The van der Waals surface area contributed by atoms with Crippen molar-refractivity contribution in [2.75, 3.05) is 13.2 Å². The Balaban J connectivity index is 3.41. The first-order chi connectivity index (χ1) is 34.0. The molecule has 0 aliphatic carbocycles. The van der Waals surface area contributed by atoms with Crippen LogP contribution in [0.2, 0.25) is 0 Å². The highest BCUT2D eigenvalue weighted by Gasteiger charge is 2.18. The molecule has 0 bridgehead atoms.